The molecule has 0 amide bonds. The molecule has 0 spiro atoms. The molecule has 6 heteroatoms. The van der Waals surface area contributed by atoms with Gasteiger partial charge in [0, 0.05) is 0 Å². The van der Waals surface area contributed by atoms with E-state index in [0.717, 1.165) is 0 Å². The maximum Gasteiger partial charge on any atom is 0.264 e. The van der Waals surface area contributed by atoms with Crippen molar-refractivity contribution in [2.45, 2.75) is 11.8 Å². The molecule has 0 fully saturated rings. The van der Waals surface area contributed by atoms with Crippen LogP contribution >= 0.6 is 0 Å². The second-order valence-corrected chi connectivity index (χ2v) is 6.40. The zero-order valence-electron chi connectivity index (χ0n) is 12.3. The van der Waals surface area contributed by atoms with Gasteiger partial charge in [-0.2, -0.15) is 0 Å². The van der Waals surface area contributed by atoms with E-state index < -0.39 is 10.0 Å². The van der Waals surface area contributed by atoms with Gasteiger partial charge in [-0.1, -0.05) is 18.2 Å². The maximum atomic E-state index is 12.8. The van der Waals surface area contributed by atoms with Gasteiger partial charge in [0.15, 0.2) is 0 Å². The molecular formula is C16H19NO4S. The zero-order chi connectivity index (χ0) is 16.0. The maximum absolute atomic E-state index is 12.8. The second kappa shape index (κ2) is 7.29. The third-order valence-corrected chi connectivity index (χ3v) is 4.91. The molecule has 0 aliphatic heterocycles. The highest BCUT2D eigenvalue weighted by atomic mass is 32.2. The Morgan fingerprint density at radius 1 is 1.05 bits per heavy atom. The molecular weight excluding hydrogens is 302 g/mol. The van der Waals surface area contributed by atoms with E-state index in [1.807, 2.05) is 13.0 Å². The van der Waals surface area contributed by atoms with Crippen molar-refractivity contribution in [1.29, 1.82) is 0 Å². The lowest BCUT2D eigenvalue weighted by atomic mass is 10.3. The predicted molar refractivity (Wildman–Crippen MR) is 85.7 cm³/mol. The Labute approximate surface area is 130 Å². The average molecular weight is 321 g/mol. The summed E-state index contributed by atoms with van der Waals surface area (Å²) in [5.74, 6) is 0.620. The van der Waals surface area contributed by atoms with Crippen molar-refractivity contribution < 1.29 is 18.3 Å². The van der Waals surface area contributed by atoms with Crippen LogP contribution in [0.2, 0.25) is 0 Å². The first-order valence-electron chi connectivity index (χ1n) is 7.01. The Morgan fingerprint density at radius 2 is 1.68 bits per heavy atom. The molecule has 5 nitrogen and oxygen atoms in total. The van der Waals surface area contributed by atoms with Gasteiger partial charge in [-0.15, -0.1) is 0 Å². The smallest absolute Gasteiger partial charge is 0.264 e. The van der Waals surface area contributed by atoms with Crippen LogP contribution < -0.4 is 9.04 Å². The van der Waals surface area contributed by atoms with Crippen molar-refractivity contribution in [2.24, 2.45) is 0 Å². The molecule has 0 bridgehead atoms. The number of benzene rings is 2. The Hall–Kier alpha value is -2.05. The van der Waals surface area contributed by atoms with Crippen molar-refractivity contribution in [2.75, 3.05) is 24.1 Å². The van der Waals surface area contributed by atoms with Gasteiger partial charge in [0.2, 0.25) is 0 Å². The minimum atomic E-state index is -3.73. The van der Waals surface area contributed by atoms with Crippen molar-refractivity contribution in [3.8, 4) is 5.75 Å². The summed E-state index contributed by atoms with van der Waals surface area (Å²) in [7, 11) is -3.73. The molecule has 0 heterocycles. The Kier molecular flexibility index (Phi) is 5.41. The Balaban J connectivity index is 2.37. The van der Waals surface area contributed by atoms with E-state index in [2.05, 4.69) is 0 Å². The highest BCUT2D eigenvalue weighted by Gasteiger charge is 2.24. The van der Waals surface area contributed by atoms with Crippen molar-refractivity contribution in [3.63, 3.8) is 0 Å². The van der Waals surface area contributed by atoms with E-state index in [9.17, 15) is 13.5 Å². The van der Waals surface area contributed by atoms with Crippen LogP contribution in [0.15, 0.2) is 59.5 Å². The fraction of sp³-hybridized carbons (Fsp3) is 0.250. The number of aliphatic hydroxyl groups is 1. The number of sulfonamides is 1. The molecule has 0 aliphatic rings. The number of hydrogen-bond donors (Lipinski definition) is 1. The number of para-hydroxylation sites is 1. The van der Waals surface area contributed by atoms with Crippen molar-refractivity contribution in [3.05, 3.63) is 54.6 Å². The summed E-state index contributed by atoms with van der Waals surface area (Å²) in [5.41, 5.74) is 0.519. The standard InChI is InChI=1S/C16H19NO4S/c1-2-21-15-8-10-16(11-9-15)22(19,20)17(12-13-18)14-6-4-3-5-7-14/h3-11,18H,2,12-13H2,1H3. The third-order valence-electron chi connectivity index (χ3n) is 3.07. The molecule has 0 radical (unpaired) electrons. The van der Waals surface area contributed by atoms with Gasteiger partial charge in [0.05, 0.1) is 30.3 Å². The van der Waals surface area contributed by atoms with E-state index in [-0.39, 0.29) is 18.0 Å². The lowest BCUT2D eigenvalue weighted by Crippen LogP contribution is -2.33. The van der Waals surface area contributed by atoms with Gasteiger partial charge in [0.25, 0.3) is 10.0 Å². The molecule has 118 valence electrons. The molecule has 2 aromatic rings. The minimum Gasteiger partial charge on any atom is -0.494 e. The molecule has 0 saturated heterocycles. The molecule has 0 saturated carbocycles. The summed E-state index contributed by atoms with van der Waals surface area (Å²) in [6.07, 6.45) is 0. The summed E-state index contributed by atoms with van der Waals surface area (Å²) in [5, 5.41) is 9.20. The summed E-state index contributed by atoms with van der Waals surface area (Å²) in [6, 6.07) is 15.0. The molecule has 2 rings (SSSR count). The van der Waals surface area contributed by atoms with Crippen LogP contribution in [0.3, 0.4) is 0 Å². The van der Waals surface area contributed by atoms with Gasteiger partial charge >= 0.3 is 0 Å². The largest absolute Gasteiger partial charge is 0.494 e. The van der Waals surface area contributed by atoms with Gasteiger partial charge in [-0.3, -0.25) is 4.31 Å². The average Bonchev–Trinajstić information content (AvgIpc) is 2.54. The fourth-order valence-electron chi connectivity index (χ4n) is 2.07. The lowest BCUT2D eigenvalue weighted by Gasteiger charge is -2.23. The van der Waals surface area contributed by atoms with Crippen LogP contribution in [0.5, 0.6) is 5.75 Å². The summed E-state index contributed by atoms with van der Waals surface area (Å²) >= 11 is 0. The zero-order valence-corrected chi connectivity index (χ0v) is 13.2. The molecule has 2 aromatic carbocycles. The topological polar surface area (TPSA) is 66.8 Å². The second-order valence-electron chi connectivity index (χ2n) is 4.54. The van der Waals surface area contributed by atoms with Gasteiger partial charge in [-0.25, -0.2) is 8.42 Å². The first kappa shape index (κ1) is 16.3. The van der Waals surface area contributed by atoms with Crippen LogP contribution in [0.25, 0.3) is 0 Å². The van der Waals surface area contributed by atoms with Crippen LogP contribution in [-0.2, 0) is 10.0 Å². The van der Waals surface area contributed by atoms with Gasteiger partial charge in [0.1, 0.15) is 5.75 Å². The monoisotopic (exact) mass is 321 g/mol. The lowest BCUT2D eigenvalue weighted by molar-refractivity contribution is 0.306. The van der Waals surface area contributed by atoms with E-state index in [1.54, 1.807) is 36.4 Å². The van der Waals surface area contributed by atoms with E-state index in [4.69, 9.17) is 4.74 Å². The van der Waals surface area contributed by atoms with E-state index in [1.165, 1.54) is 16.4 Å². The third kappa shape index (κ3) is 3.58. The van der Waals surface area contributed by atoms with Crippen LogP contribution in [-0.4, -0.2) is 33.3 Å². The van der Waals surface area contributed by atoms with E-state index in [0.29, 0.717) is 18.0 Å². The van der Waals surface area contributed by atoms with Crippen LogP contribution in [0.1, 0.15) is 6.92 Å². The van der Waals surface area contributed by atoms with Gasteiger partial charge in [-0.05, 0) is 43.3 Å². The summed E-state index contributed by atoms with van der Waals surface area (Å²) in [4.78, 5) is 0.160. The molecule has 22 heavy (non-hydrogen) atoms. The number of ether oxygens (including phenoxy) is 1. The number of aliphatic hydroxyl groups excluding tert-OH is 1. The first-order valence-corrected chi connectivity index (χ1v) is 8.45. The quantitative estimate of drug-likeness (QED) is 0.849. The normalized spacial score (nSPS) is 11.2. The van der Waals surface area contributed by atoms with Crippen LogP contribution in [0, 0.1) is 0 Å². The van der Waals surface area contributed by atoms with Crippen molar-refractivity contribution >= 4 is 15.7 Å². The summed E-state index contributed by atoms with van der Waals surface area (Å²) in [6.45, 7) is 2.13. The number of nitrogens with zero attached hydrogens (tertiary/aromatic N) is 1. The van der Waals surface area contributed by atoms with E-state index >= 15 is 0 Å². The first-order chi connectivity index (χ1) is 10.6. The van der Waals surface area contributed by atoms with Gasteiger partial charge < -0.3 is 9.84 Å². The molecule has 0 unspecified atom stereocenters. The summed E-state index contributed by atoms with van der Waals surface area (Å²) < 4.78 is 32.0. The highest BCUT2D eigenvalue weighted by molar-refractivity contribution is 7.92. The highest BCUT2D eigenvalue weighted by Crippen LogP contribution is 2.24. The predicted octanol–water partition coefficient (Wildman–Crippen LogP) is 2.27. The minimum absolute atomic E-state index is 0.000438. The number of anilines is 1. The number of rotatable bonds is 7. The SMILES string of the molecule is CCOc1ccc(S(=O)(=O)N(CCO)c2ccccc2)cc1. The Bertz CT molecular complexity index is 684. The molecule has 1 N–H and O–H groups in total. The Morgan fingerprint density at radius 3 is 2.23 bits per heavy atom. The number of hydrogen-bond acceptors (Lipinski definition) is 4. The molecule has 0 aliphatic carbocycles. The molecule has 0 atom stereocenters. The van der Waals surface area contributed by atoms with Crippen LogP contribution in [0.4, 0.5) is 5.69 Å². The van der Waals surface area contributed by atoms with Crippen molar-refractivity contribution in [1.82, 2.24) is 0 Å². The fourth-order valence-corrected chi connectivity index (χ4v) is 3.53. The molecule has 0 aromatic heterocycles.